The highest BCUT2D eigenvalue weighted by Gasteiger charge is 2.06. The molecule has 0 aliphatic rings. The van der Waals surface area contributed by atoms with Gasteiger partial charge in [0.15, 0.2) is 0 Å². The van der Waals surface area contributed by atoms with Crippen LogP contribution >= 0.6 is 11.6 Å². The monoisotopic (exact) mass is 236 g/mol. The highest BCUT2D eigenvalue weighted by molar-refractivity contribution is 6.33. The summed E-state index contributed by atoms with van der Waals surface area (Å²) in [6, 6.07) is 11.5. The zero-order valence-corrected chi connectivity index (χ0v) is 9.13. The molecule has 0 aromatic heterocycles. The zero-order valence-electron chi connectivity index (χ0n) is 8.37. The van der Waals surface area contributed by atoms with Gasteiger partial charge in [-0.15, -0.1) is 0 Å². The molecule has 0 bridgehead atoms. The van der Waals surface area contributed by atoms with Crippen molar-refractivity contribution >= 4 is 28.7 Å². The minimum Gasteiger partial charge on any atom is -0.399 e. The third-order valence-corrected chi connectivity index (χ3v) is 2.46. The molecule has 16 heavy (non-hydrogen) atoms. The van der Waals surface area contributed by atoms with Crippen molar-refractivity contribution in [2.24, 2.45) is 0 Å². The van der Waals surface area contributed by atoms with Gasteiger partial charge in [0, 0.05) is 11.4 Å². The summed E-state index contributed by atoms with van der Waals surface area (Å²) in [5.41, 5.74) is 7.22. The molecule has 0 heterocycles. The van der Waals surface area contributed by atoms with Gasteiger partial charge in [0.2, 0.25) is 0 Å². The maximum absolute atomic E-state index is 13.4. The second kappa shape index (κ2) is 4.41. The van der Waals surface area contributed by atoms with Gasteiger partial charge in [-0.1, -0.05) is 17.7 Å². The van der Waals surface area contributed by atoms with Crippen LogP contribution < -0.4 is 11.1 Å². The van der Waals surface area contributed by atoms with Gasteiger partial charge in [0.05, 0.1) is 10.7 Å². The molecule has 4 heteroatoms. The molecular weight excluding hydrogens is 227 g/mol. The van der Waals surface area contributed by atoms with E-state index < -0.39 is 0 Å². The first-order valence-electron chi connectivity index (χ1n) is 4.73. The number of anilines is 3. The Morgan fingerprint density at radius 1 is 1.06 bits per heavy atom. The molecule has 2 aromatic rings. The average molecular weight is 237 g/mol. The van der Waals surface area contributed by atoms with E-state index >= 15 is 0 Å². The molecule has 0 radical (unpaired) electrons. The van der Waals surface area contributed by atoms with Crippen LogP contribution in [-0.2, 0) is 0 Å². The summed E-state index contributed by atoms with van der Waals surface area (Å²) in [6.07, 6.45) is 0. The van der Waals surface area contributed by atoms with Crippen molar-refractivity contribution in [2.45, 2.75) is 0 Å². The Bertz CT molecular complexity index is 477. The maximum Gasteiger partial charge on any atom is 0.148 e. The number of rotatable bonds is 2. The first-order valence-corrected chi connectivity index (χ1v) is 5.11. The molecule has 82 valence electrons. The molecule has 0 atom stereocenters. The van der Waals surface area contributed by atoms with Crippen molar-refractivity contribution < 1.29 is 4.39 Å². The molecule has 2 rings (SSSR count). The van der Waals surface area contributed by atoms with Gasteiger partial charge in [0.25, 0.3) is 0 Å². The van der Waals surface area contributed by atoms with Gasteiger partial charge < -0.3 is 11.1 Å². The third-order valence-electron chi connectivity index (χ3n) is 2.14. The quantitative estimate of drug-likeness (QED) is 0.779. The lowest BCUT2D eigenvalue weighted by molar-refractivity contribution is 0.632. The molecule has 0 unspecified atom stereocenters. The van der Waals surface area contributed by atoms with E-state index in [0.717, 1.165) is 5.69 Å². The Labute approximate surface area is 97.8 Å². The van der Waals surface area contributed by atoms with Gasteiger partial charge in [0.1, 0.15) is 5.82 Å². The third kappa shape index (κ3) is 2.25. The molecule has 0 saturated carbocycles. The fraction of sp³-hybridized carbons (Fsp3) is 0. The van der Waals surface area contributed by atoms with Crippen molar-refractivity contribution in [3.05, 3.63) is 53.3 Å². The van der Waals surface area contributed by atoms with E-state index in [9.17, 15) is 4.39 Å². The molecule has 0 fully saturated rings. The summed E-state index contributed by atoms with van der Waals surface area (Å²) < 4.78 is 13.4. The largest absolute Gasteiger partial charge is 0.399 e. The first-order chi connectivity index (χ1) is 7.66. The van der Waals surface area contributed by atoms with Crippen LogP contribution in [0, 0.1) is 5.82 Å². The number of halogens is 2. The second-order valence-corrected chi connectivity index (χ2v) is 3.75. The van der Waals surface area contributed by atoms with Crippen LogP contribution in [0.4, 0.5) is 21.5 Å². The van der Waals surface area contributed by atoms with Crippen molar-refractivity contribution in [1.82, 2.24) is 0 Å². The number of nitrogens with two attached hydrogens (primary N) is 1. The predicted molar refractivity (Wildman–Crippen MR) is 65.5 cm³/mol. The van der Waals surface area contributed by atoms with Crippen molar-refractivity contribution in [3.8, 4) is 0 Å². The molecule has 0 spiro atoms. The summed E-state index contributed by atoms with van der Waals surface area (Å²) >= 11 is 5.88. The smallest absolute Gasteiger partial charge is 0.148 e. The highest BCUT2D eigenvalue weighted by atomic mass is 35.5. The molecule has 0 amide bonds. The van der Waals surface area contributed by atoms with E-state index in [2.05, 4.69) is 5.32 Å². The Hall–Kier alpha value is -1.74. The Morgan fingerprint density at radius 2 is 1.75 bits per heavy atom. The summed E-state index contributed by atoms with van der Waals surface area (Å²) in [6.45, 7) is 0. The van der Waals surface area contributed by atoms with Crippen LogP contribution in [0.5, 0.6) is 0 Å². The van der Waals surface area contributed by atoms with Crippen LogP contribution in [0.15, 0.2) is 42.5 Å². The highest BCUT2D eigenvalue weighted by Crippen LogP contribution is 2.28. The van der Waals surface area contributed by atoms with E-state index in [1.54, 1.807) is 36.4 Å². The lowest BCUT2D eigenvalue weighted by atomic mass is 10.2. The van der Waals surface area contributed by atoms with Gasteiger partial charge in [-0.3, -0.25) is 0 Å². The maximum atomic E-state index is 13.4. The number of benzene rings is 2. The van der Waals surface area contributed by atoms with Crippen molar-refractivity contribution in [3.63, 3.8) is 0 Å². The summed E-state index contributed by atoms with van der Waals surface area (Å²) in [7, 11) is 0. The summed E-state index contributed by atoms with van der Waals surface area (Å²) in [4.78, 5) is 0. The molecule has 2 nitrogen and oxygen atoms in total. The van der Waals surface area contributed by atoms with E-state index in [-0.39, 0.29) is 11.5 Å². The lowest BCUT2D eigenvalue weighted by Crippen LogP contribution is -1.95. The SMILES string of the molecule is Nc1ccc(Nc2c(F)cccc2Cl)cc1. The average Bonchev–Trinajstić information content (AvgIpc) is 2.26. The number of para-hydroxylation sites is 1. The van der Waals surface area contributed by atoms with E-state index in [1.165, 1.54) is 6.07 Å². The molecule has 2 aromatic carbocycles. The normalized spacial score (nSPS) is 10.1. The minimum absolute atomic E-state index is 0.272. The second-order valence-electron chi connectivity index (χ2n) is 3.34. The van der Waals surface area contributed by atoms with Gasteiger partial charge >= 0.3 is 0 Å². The summed E-state index contributed by atoms with van der Waals surface area (Å²) in [5.74, 6) is -0.385. The molecule has 3 N–H and O–H groups in total. The van der Waals surface area contributed by atoms with Crippen LogP contribution in [0.3, 0.4) is 0 Å². The van der Waals surface area contributed by atoms with Gasteiger partial charge in [-0.25, -0.2) is 4.39 Å². The number of nitrogen functional groups attached to an aromatic ring is 1. The van der Waals surface area contributed by atoms with Crippen LogP contribution in [-0.4, -0.2) is 0 Å². The first kappa shape index (κ1) is 10.8. The zero-order chi connectivity index (χ0) is 11.5. The molecule has 0 saturated heterocycles. The van der Waals surface area contributed by atoms with Crippen LogP contribution in [0.25, 0.3) is 0 Å². The fourth-order valence-electron chi connectivity index (χ4n) is 1.33. The molecule has 0 aliphatic heterocycles. The Kier molecular flexibility index (Phi) is 2.97. The standard InChI is InChI=1S/C12H10ClFN2/c13-10-2-1-3-11(14)12(10)16-9-6-4-8(15)5-7-9/h1-7,16H,15H2. The Balaban J connectivity index is 2.30. The van der Waals surface area contributed by atoms with Crippen molar-refractivity contribution in [1.29, 1.82) is 0 Å². The molecule has 0 aliphatic carbocycles. The van der Waals surface area contributed by atoms with E-state index in [0.29, 0.717) is 10.7 Å². The van der Waals surface area contributed by atoms with Crippen LogP contribution in [0.2, 0.25) is 5.02 Å². The predicted octanol–water partition coefficient (Wildman–Crippen LogP) is 3.80. The number of nitrogens with one attached hydrogen (secondary N) is 1. The lowest BCUT2D eigenvalue weighted by Gasteiger charge is -2.09. The van der Waals surface area contributed by atoms with Crippen LogP contribution in [0.1, 0.15) is 0 Å². The van der Waals surface area contributed by atoms with Crippen molar-refractivity contribution in [2.75, 3.05) is 11.1 Å². The number of hydrogen-bond acceptors (Lipinski definition) is 2. The minimum atomic E-state index is -0.385. The topological polar surface area (TPSA) is 38.0 Å². The van der Waals surface area contributed by atoms with Gasteiger partial charge in [-0.2, -0.15) is 0 Å². The van der Waals surface area contributed by atoms with Gasteiger partial charge in [-0.05, 0) is 36.4 Å². The Morgan fingerprint density at radius 3 is 2.38 bits per heavy atom. The van der Waals surface area contributed by atoms with E-state index in [4.69, 9.17) is 17.3 Å². The number of hydrogen-bond donors (Lipinski definition) is 2. The fourth-order valence-corrected chi connectivity index (χ4v) is 1.54. The summed E-state index contributed by atoms with van der Waals surface area (Å²) in [5, 5.41) is 3.25. The molecular formula is C12H10ClFN2. The van der Waals surface area contributed by atoms with E-state index in [1.807, 2.05) is 0 Å².